The molecule has 2 nitrogen and oxygen atoms in total. The summed E-state index contributed by atoms with van der Waals surface area (Å²) in [5, 5.41) is 0.659. The van der Waals surface area contributed by atoms with Crippen molar-refractivity contribution < 1.29 is 0 Å². The Balaban J connectivity index is 2.28. The number of hydrogen-bond donors (Lipinski definition) is 0. The number of rotatable bonds is 1. The minimum Gasteiger partial charge on any atom is -0.290 e. The van der Waals surface area contributed by atoms with Gasteiger partial charge in [-0.25, -0.2) is 4.98 Å². The third kappa shape index (κ3) is 1.71. The Morgan fingerprint density at radius 2 is 1.88 bits per heavy atom. The van der Waals surface area contributed by atoms with Gasteiger partial charge in [-0.1, -0.05) is 41.9 Å². The Kier molecular flexibility index (Phi) is 2.37. The molecule has 0 spiro atoms. The highest BCUT2D eigenvalue weighted by atomic mass is 35.5. The van der Waals surface area contributed by atoms with Crippen molar-refractivity contribution in [1.29, 1.82) is 0 Å². The van der Waals surface area contributed by atoms with E-state index in [-0.39, 0.29) is 0 Å². The molecule has 0 fully saturated rings. The van der Waals surface area contributed by atoms with Crippen LogP contribution in [0, 0.1) is 6.92 Å². The maximum Gasteiger partial charge on any atom is 0.141 e. The molecule has 2 aromatic heterocycles. The van der Waals surface area contributed by atoms with E-state index in [1.54, 1.807) is 0 Å². The lowest BCUT2D eigenvalue weighted by Crippen LogP contribution is -1.84. The molecule has 0 bridgehead atoms. The molecule has 84 valence electrons. The van der Waals surface area contributed by atoms with Crippen LogP contribution in [0.15, 0.2) is 48.7 Å². The fourth-order valence-corrected chi connectivity index (χ4v) is 2.19. The van der Waals surface area contributed by atoms with Crippen molar-refractivity contribution in [3.05, 3.63) is 59.4 Å². The summed E-state index contributed by atoms with van der Waals surface area (Å²) in [4.78, 5) is 4.57. The smallest absolute Gasteiger partial charge is 0.141 e. The van der Waals surface area contributed by atoms with Gasteiger partial charge >= 0.3 is 0 Å². The molecule has 3 heteroatoms. The molecule has 0 radical (unpaired) electrons. The zero-order valence-electron chi connectivity index (χ0n) is 9.39. The molecule has 0 aliphatic rings. The Morgan fingerprint density at radius 3 is 2.65 bits per heavy atom. The van der Waals surface area contributed by atoms with Gasteiger partial charge in [0.15, 0.2) is 0 Å². The molecule has 3 aromatic rings. The highest BCUT2D eigenvalue weighted by Crippen LogP contribution is 2.28. The number of aromatic nitrogens is 2. The van der Waals surface area contributed by atoms with Crippen LogP contribution in [0.1, 0.15) is 5.56 Å². The van der Waals surface area contributed by atoms with E-state index in [2.05, 4.69) is 4.98 Å². The van der Waals surface area contributed by atoms with Crippen molar-refractivity contribution in [1.82, 2.24) is 9.38 Å². The summed E-state index contributed by atoms with van der Waals surface area (Å²) in [6.07, 6.45) is 1.95. The first-order chi connectivity index (χ1) is 8.25. The molecule has 3 rings (SSSR count). The van der Waals surface area contributed by atoms with Gasteiger partial charge in [0.25, 0.3) is 0 Å². The molecule has 2 heterocycles. The topological polar surface area (TPSA) is 17.3 Å². The maximum atomic E-state index is 6.34. The van der Waals surface area contributed by atoms with Crippen LogP contribution < -0.4 is 0 Å². The highest BCUT2D eigenvalue weighted by molar-refractivity contribution is 6.32. The molecule has 0 aliphatic carbocycles. The van der Waals surface area contributed by atoms with Crippen molar-refractivity contribution in [3.8, 4) is 11.3 Å². The van der Waals surface area contributed by atoms with Gasteiger partial charge in [-0.3, -0.25) is 4.40 Å². The first-order valence-electron chi connectivity index (χ1n) is 5.45. The summed E-state index contributed by atoms with van der Waals surface area (Å²) in [6.45, 7) is 2.05. The molecular weight excluding hydrogens is 232 g/mol. The summed E-state index contributed by atoms with van der Waals surface area (Å²) >= 11 is 6.34. The Bertz CT molecular complexity index is 671. The van der Waals surface area contributed by atoms with E-state index in [9.17, 15) is 0 Å². The van der Waals surface area contributed by atoms with Gasteiger partial charge in [0, 0.05) is 11.8 Å². The van der Waals surface area contributed by atoms with E-state index in [1.807, 2.05) is 60.0 Å². The third-order valence-electron chi connectivity index (χ3n) is 2.77. The van der Waals surface area contributed by atoms with Gasteiger partial charge in [0.2, 0.25) is 0 Å². The number of aryl methyl sites for hydroxylation is 1. The minimum absolute atomic E-state index is 0.659. The molecule has 0 aliphatic heterocycles. The average molecular weight is 243 g/mol. The van der Waals surface area contributed by atoms with E-state index in [4.69, 9.17) is 11.6 Å². The quantitative estimate of drug-likeness (QED) is 0.631. The second-order valence-electron chi connectivity index (χ2n) is 4.05. The van der Waals surface area contributed by atoms with Crippen LogP contribution in [-0.2, 0) is 0 Å². The number of fused-ring (bicyclic) bond motifs is 1. The second-order valence-corrected chi connectivity index (χ2v) is 4.41. The Hall–Kier alpha value is -1.80. The second kappa shape index (κ2) is 3.90. The molecule has 0 amide bonds. The first kappa shape index (κ1) is 10.4. The number of hydrogen-bond acceptors (Lipinski definition) is 1. The van der Waals surface area contributed by atoms with Gasteiger partial charge in [0.1, 0.15) is 16.5 Å². The maximum absolute atomic E-state index is 6.34. The number of nitrogens with zero attached hydrogens (tertiary/aromatic N) is 2. The summed E-state index contributed by atoms with van der Waals surface area (Å²) in [7, 11) is 0. The molecule has 0 saturated carbocycles. The van der Waals surface area contributed by atoms with Crippen molar-refractivity contribution in [2.24, 2.45) is 0 Å². The van der Waals surface area contributed by atoms with Crippen LogP contribution in [0.2, 0.25) is 5.15 Å². The van der Waals surface area contributed by atoms with Crippen LogP contribution in [0.25, 0.3) is 16.9 Å². The zero-order chi connectivity index (χ0) is 11.8. The molecule has 1 aromatic carbocycles. The Morgan fingerprint density at radius 1 is 1.12 bits per heavy atom. The van der Waals surface area contributed by atoms with Crippen LogP contribution >= 0.6 is 11.6 Å². The van der Waals surface area contributed by atoms with Crippen molar-refractivity contribution in [2.75, 3.05) is 0 Å². The predicted molar refractivity (Wildman–Crippen MR) is 70.4 cm³/mol. The molecule has 0 saturated heterocycles. The van der Waals surface area contributed by atoms with Crippen molar-refractivity contribution in [2.45, 2.75) is 6.92 Å². The van der Waals surface area contributed by atoms with E-state index in [0.29, 0.717) is 5.15 Å². The van der Waals surface area contributed by atoms with E-state index >= 15 is 0 Å². The Labute approximate surface area is 104 Å². The van der Waals surface area contributed by atoms with E-state index in [0.717, 1.165) is 16.9 Å². The minimum atomic E-state index is 0.659. The predicted octanol–water partition coefficient (Wildman–Crippen LogP) is 3.96. The van der Waals surface area contributed by atoms with Gasteiger partial charge in [-0.15, -0.1) is 0 Å². The fraction of sp³-hybridized carbons (Fsp3) is 0.0714. The molecule has 17 heavy (non-hydrogen) atoms. The van der Waals surface area contributed by atoms with Gasteiger partial charge in [0.05, 0.1) is 0 Å². The summed E-state index contributed by atoms with van der Waals surface area (Å²) in [5.41, 5.74) is 3.93. The van der Waals surface area contributed by atoms with Crippen LogP contribution in [-0.4, -0.2) is 9.38 Å². The normalized spacial score (nSPS) is 10.9. The monoisotopic (exact) mass is 242 g/mol. The first-order valence-corrected chi connectivity index (χ1v) is 5.83. The lowest BCUT2D eigenvalue weighted by atomic mass is 10.2. The number of pyridine rings is 1. The van der Waals surface area contributed by atoms with Crippen LogP contribution in [0.3, 0.4) is 0 Å². The lowest BCUT2D eigenvalue weighted by Gasteiger charge is -1.97. The lowest BCUT2D eigenvalue weighted by molar-refractivity contribution is 1.17. The van der Waals surface area contributed by atoms with E-state index < -0.39 is 0 Å². The largest absolute Gasteiger partial charge is 0.290 e. The summed E-state index contributed by atoms with van der Waals surface area (Å²) in [5.74, 6) is 0. The molecule has 0 unspecified atom stereocenters. The summed E-state index contributed by atoms with van der Waals surface area (Å²) < 4.78 is 1.90. The molecular formula is C14H11ClN2. The molecule has 0 atom stereocenters. The summed E-state index contributed by atoms with van der Waals surface area (Å²) in [6, 6.07) is 14.0. The third-order valence-corrected chi connectivity index (χ3v) is 3.13. The zero-order valence-corrected chi connectivity index (χ0v) is 10.1. The van der Waals surface area contributed by atoms with Crippen LogP contribution in [0.5, 0.6) is 0 Å². The number of benzene rings is 1. The molecule has 0 N–H and O–H groups in total. The van der Waals surface area contributed by atoms with Crippen LogP contribution in [0.4, 0.5) is 0 Å². The SMILES string of the molecule is Cc1ccn2c(Cl)c(-c3ccccc3)nc2c1. The van der Waals surface area contributed by atoms with Gasteiger partial charge in [-0.05, 0) is 24.6 Å². The fourth-order valence-electron chi connectivity index (χ4n) is 1.90. The van der Waals surface area contributed by atoms with E-state index in [1.165, 1.54) is 5.56 Å². The highest BCUT2D eigenvalue weighted by Gasteiger charge is 2.11. The van der Waals surface area contributed by atoms with Crippen molar-refractivity contribution in [3.63, 3.8) is 0 Å². The average Bonchev–Trinajstić information content (AvgIpc) is 2.67. The van der Waals surface area contributed by atoms with Gasteiger partial charge < -0.3 is 0 Å². The standard InChI is InChI=1S/C14H11ClN2/c1-10-7-8-17-12(9-10)16-13(14(17)15)11-5-3-2-4-6-11/h2-9H,1H3. The van der Waals surface area contributed by atoms with Crippen molar-refractivity contribution >= 4 is 17.2 Å². The number of halogens is 1. The van der Waals surface area contributed by atoms with Gasteiger partial charge in [-0.2, -0.15) is 0 Å². The number of imidazole rings is 1.